The zero-order valence-corrected chi connectivity index (χ0v) is 12.1. The van der Waals surface area contributed by atoms with Gasteiger partial charge in [-0.05, 0) is 54.7 Å². The predicted molar refractivity (Wildman–Crippen MR) is 75.2 cm³/mol. The maximum absolute atomic E-state index is 4.15. The van der Waals surface area contributed by atoms with Crippen molar-refractivity contribution in [3.8, 4) is 0 Å². The largest absolute Gasteiger partial charge is 0.383 e. The van der Waals surface area contributed by atoms with E-state index in [2.05, 4.69) is 51.0 Å². The second-order valence-corrected chi connectivity index (χ2v) is 5.93. The van der Waals surface area contributed by atoms with E-state index >= 15 is 0 Å². The Morgan fingerprint density at radius 2 is 2.35 bits per heavy atom. The van der Waals surface area contributed by atoms with Crippen LogP contribution in [0.3, 0.4) is 0 Å². The lowest BCUT2D eigenvalue weighted by molar-refractivity contribution is 0.266. The Bertz CT molecular complexity index is 367. The van der Waals surface area contributed by atoms with Crippen LogP contribution in [0.15, 0.2) is 22.9 Å². The lowest BCUT2D eigenvalue weighted by atomic mass is 10.1. The molecule has 0 aromatic carbocycles. The summed E-state index contributed by atoms with van der Waals surface area (Å²) in [5, 5.41) is 3.47. The minimum Gasteiger partial charge on any atom is -0.383 e. The molecule has 1 aromatic rings. The molecule has 0 aliphatic carbocycles. The molecule has 2 rings (SSSR count). The van der Waals surface area contributed by atoms with Crippen LogP contribution in [0.1, 0.15) is 20.3 Å². The predicted octanol–water partition coefficient (Wildman–Crippen LogP) is 2.99. The van der Waals surface area contributed by atoms with Crippen molar-refractivity contribution in [1.82, 2.24) is 9.88 Å². The third-order valence-corrected chi connectivity index (χ3v) is 3.78. The third-order valence-electron chi connectivity index (χ3n) is 3.35. The Balaban J connectivity index is 1.80. The molecule has 0 radical (unpaired) electrons. The molecule has 1 aromatic heterocycles. The maximum atomic E-state index is 4.15. The first-order chi connectivity index (χ1) is 8.15. The fraction of sp³-hybridized carbons (Fsp3) is 0.615. The van der Waals surface area contributed by atoms with Crippen LogP contribution in [0.25, 0.3) is 0 Å². The van der Waals surface area contributed by atoms with E-state index in [-0.39, 0.29) is 0 Å². The summed E-state index contributed by atoms with van der Waals surface area (Å²) in [4.78, 5) is 6.70. The van der Waals surface area contributed by atoms with Gasteiger partial charge in [0.05, 0.1) is 11.9 Å². The molecular weight excluding hydrogens is 278 g/mol. The number of halogens is 1. The number of likely N-dealkylation sites (tertiary alicyclic amines) is 1. The summed E-state index contributed by atoms with van der Waals surface area (Å²) in [5.74, 6) is 0.761. The molecule has 1 fully saturated rings. The second-order valence-electron chi connectivity index (χ2n) is 5.02. The number of anilines is 1. The fourth-order valence-electron chi connectivity index (χ4n) is 2.27. The van der Waals surface area contributed by atoms with Gasteiger partial charge in [0, 0.05) is 29.8 Å². The molecule has 0 bridgehead atoms. The molecule has 1 aliphatic rings. The quantitative estimate of drug-likeness (QED) is 0.926. The number of pyridine rings is 1. The van der Waals surface area contributed by atoms with Gasteiger partial charge < -0.3 is 10.2 Å². The number of hydrogen-bond donors (Lipinski definition) is 1. The first-order valence-electron chi connectivity index (χ1n) is 6.23. The number of aromatic nitrogens is 1. The van der Waals surface area contributed by atoms with Crippen LogP contribution in [0, 0.1) is 5.92 Å². The topological polar surface area (TPSA) is 28.2 Å². The fourth-order valence-corrected chi connectivity index (χ4v) is 2.63. The SMILES string of the molecule is CC(C)N1CCC(CNc2cncc(Br)c2)C1. The van der Waals surface area contributed by atoms with Crippen LogP contribution in [0.5, 0.6) is 0 Å². The van der Waals surface area contributed by atoms with Gasteiger partial charge >= 0.3 is 0 Å². The van der Waals surface area contributed by atoms with Crippen molar-refractivity contribution >= 4 is 21.6 Å². The van der Waals surface area contributed by atoms with Gasteiger partial charge in [-0.3, -0.25) is 4.98 Å². The second kappa shape index (κ2) is 5.83. The smallest absolute Gasteiger partial charge is 0.0538 e. The monoisotopic (exact) mass is 297 g/mol. The lowest BCUT2D eigenvalue weighted by Gasteiger charge is -2.20. The molecule has 1 unspecified atom stereocenters. The van der Waals surface area contributed by atoms with Crippen LogP contribution < -0.4 is 5.32 Å². The average molecular weight is 298 g/mol. The Kier molecular flexibility index (Phi) is 4.40. The maximum Gasteiger partial charge on any atom is 0.0538 e. The van der Waals surface area contributed by atoms with Crippen molar-refractivity contribution in [2.24, 2.45) is 5.92 Å². The van der Waals surface area contributed by atoms with Crippen LogP contribution in [0.2, 0.25) is 0 Å². The van der Waals surface area contributed by atoms with Gasteiger partial charge in [0.2, 0.25) is 0 Å². The molecule has 4 heteroatoms. The number of hydrogen-bond acceptors (Lipinski definition) is 3. The highest BCUT2D eigenvalue weighted by Crippen LogP contribution is 2.20. The summed E-state index contributed by atoms with van der Waals surface area (Å²) in [6, 6.07) is 2.75. The van der Waals surface area contributed by atoms with E-state index < -0.39 is 0 Å². The van der Waals surface area contributed by atoms with Crippen molar-refractivity contribution in [3.05, 3.63) is 22.9 Å². The van der Waals surface area contributed by atoms with Crippen molar-refractivity contribution in [3.63, 3.8) is 0 Å². The standard InChI is InChI=1S/C13H20BrN3/c1-10(2)17-4-3-11(9-17)6-16-13-5-12(14)7-15-8-13/h5,7-8,10-11,16H,3-4,6,9H2,1-2H3. The molecule has 1 atom stereocenters. The van der Waals surface area contributed by atoms with Gasteiger partial charge in [0.1, 0.15) is 0 Å². The zero-order valence-electron chi connectivity index (χ0n) is 10.5. The Hall–Kier alpha value is -0.610. The molecule has 94 valence electrons. The lowest BCUT2D eigenvalue weighted by Crippen LogP contribution is -2.29. The summed E-state index contributed by atoms with van der Waals surface area (Å²) < 4.78 is 1.03. The van der Waals surface area contributed by atoms with Gasteiger partial charge in [0.25, 0.3) is 0 Å². The molecule has 0 amide bonds. The summed E-state index contributed by atoms with van der Waals surface area (Å²) >= 11 is 3.43. The first kappa shape index (κ1) is 12.8. The van der Waals surface area contributed by atoms with Gasteiger partial charge in [-0.1, -0.05) is 0 Å². The molecular formula is C13H20BrN3. The van der Waals surface area contributed by atoms with Gasteiger partial charge in [-0.25, -0.2) is 0 Å². The van der Waals surface area contributed by atoms with E-state index in [1.165, 1.54) is 19.5 Å². The normalized spacial score (nSPS) is 21.1. The highest BCUT2D eigenvalue weighted by molar-refractivity contribution is 9.10. The minimum atomic E-state index is 0.674. The highest BCUT2D eigenvalue weighted by atomic mass is 79.9. The molecule has 1 aliphatic heterocycles. The van der Waals surface area contributed by atoms with Crippen molar-refractivity contribution < 1.29 is 0 Å². The van der Waals surface area contributed by atoms with Crippen molar-refractivity contribution in [2.75, 3.05) is 25.0 Å². The summed E-state index contributed by atoms with van der Waals surface area (Å²) in [5.41, 5.74) is 1.10. The Morgan fingerprint density at radius 1 is 1.53 bits per heavy atom. The average Bonchev–Trinajstić information content (AvgIpc) is 2.75. The highest BCUT2D eigenvalue weighted by Gasteiger charge is 2.23. The molecule has 0 saturated carbocycles. The molecule has 2 heterocycles. The number of nitrogens with one attached hydrogen (secondary N) is 1. The number of rotatable bonds is 4. The summed E-state index contributed by atoms with van der Waals surface area (Å²) in [6.45, 7) is 8.04. The molecule has 0 spiro atoms. The molecule has 3 nitrogen and oxygen atoms in total. The van der Waals surface area contributed by atoms with Crippen LogP contribution in [-0.4, -0.2) is 35.6 Å². The van der Waals surface area contributed by atoms with E-state index in [9.17, 15) is 0 Å². The minimum absolute atomic E-state index is 0.674. The Labute approximate surface area is 112 Å². The van der Waals surface area contributed by atoms with Crippen molar-refractivity contribution in [1.29, 1.82) is 0 Å². The van der Waals surface area contributed by atoms with E-state index in [4.69, 9.17) is 0 Å². The van der Waals surface area contributed by atoms with Gasteiger partial charge in [-0.2, -0.15) is 0 Å². The Morgan fingerprint density at radius 3 is 3.00 bits per heavy atom. The third kappa shape index (κ3) is 3.68. The van der Waals surface area contributed by atoms with Gasteiger partial charge in [-0.15, -0.1) is 0 Å². The zero-order chi connectivity index (χ0) is 12.3. The van der Waals surface area contributed by atoms with Crippen LogP contribution >= 0.6 is 15.9 Å². The van der Waals surface area contributed by atoms with Crippen molar-refractivity contribution in [2.45, 2.75) is 26.3 Å². The van der Waals surface area contributed by atoms with E-state index in [0.29, 0.717) is 6.04 Å². The summed E-state index contributed by atoms with van der Waals surface area (Å²) in [6.07, 6.45) is 4.98. The molecule has 17 heavy (non-hydrogen) atoms. The van der Waals surface area contributed by atoms with E-state index in [0.717, 1.165) is 22.6 Å². The number of nitrogens with zero attached hydrogens (tertiary/aromatic N) is 2. The molecule has 1 saturated heterocycles. The van der Waals surface area contributed by atoms with Crippen LogP contribution in [0.4, 0.5) is 5.69 Å². The van der Waals surface area contributed by atoms with Crippen LogP contribution in [-0.2, 0) is 0 Å². The first-order valence-corrected chi connectivity index (χ1v) is 7.03. The van der Waals surface area contributed by atoms with Gasteiger partial charge in [0.15, 0.2) is 0 Å². The summed E-state index contributed by atoms with van der Waals surface area (Å²) in [7, 11) is 0. The van der Waals surface area contributed by atoms with E-state index in [1.54, 1.807) is 6.20 Å². The molecule has 1 N–H and O–H groups in total. The van der Waals surface area contributed by atoms with E-state index in [1.807, 2.05) is 6.20 Å².